The third-order valence-corrected chi connectivity index (χ3v) is 8.43. The van der Waals surface area contributed by atoms with E-state index in [0.717, 1.165) is 0 Å². The van der Waals surface area contributed by atoms with Crippen LogP contribution in [0.3, 0.4) is 0 Å². The van der Waals surface area contributed by atoms with Gasteiger partial charge in [-0.3, -0.25) is 9.59 Å². The fourth-order valence-corrected chi connectivity index (χ4v) is 6.85. The molecule has 0 bridgehead atoms. The van der Waals surface area contributed by atoms with Crippen LogP contribution in [0.2, 0.25) is 0 Å². The van der Waals surface area contributed by atoms with Crippen molar-refractivity contribution in [1.82, 2.24) is 0 Å². The molecule has 0 saturated heterocycles. The monoisotopic (exact) mass is 394 g/mol. The second-order valence-electron chi connectivity index (χ2n) is 9.36. The smallest absolute Gasteiger partial charge is 0.192 e. The highest BCUT2D eigenvalue weighted by Crippen LogP contribution is 2.69. The van der Waals surface area contributed by atoms with Gasteiger partial charge in [0.1, 0.15) is 6.61 Å². The summed E-state index contributed by atoms with van der Waals surface area (Å²) in [7, 11) is 0. The minimum Gasteiger partial charge on any atom is -0.390 e. The fourth-order valence-electron chi connectivity index (χ4n) is 6.85. The Balaban J connectivity index is 1.84. The molecular formula is C21H27FO6. The lowest BCUT2D eigenvalue weighted by Gasteiger charge is -2.62. The first-order valence-electron chi connectivity index (χ1n) is 9.82. The van der Waals surface area contributed by atoms with Gasteiger partial charge in [0, 0.05) is 16.7 Å². The zero-order valence-electron chi connectivity index (χ0n) is 16.1. The van der Waals surface area contributed by atoms with Gasteiger partial charge in [0.25, 0.3) is 0 Å². The number of alkyl halides is 1. The highest BCUT2D eigenvalue weighted by Gasteiger charge is 2.76. The quantitative estimate of drug-likeness (QED) is 0.546. The number of aliphatic hydroxyl groups is 4. The van der Waals surface area contributed by atoms with Gasteiger partial charge in [0.15, 0.2) is 22.8 Å². The topological polar surface area (TPSA) is 115 Å². The molecule has 0 spiro atoms. The molecule has 0 amide bonds. The summed E-state index contributed by atoms with van der Waals surface area (Å²) >= 11 is 0. The van der Waals surface area contributed by atoms with Crippen LogP contribution in [0.4, 0.5) is 4.39 Å². The first kappa shape index (κ1) is 19.9. The number of fused-ring (bicyclic) bond motifs is 5. The molecule has 0 aromatic carbocycles. The van der Waals surface area contributed by atoms with Gasteiger partial charge in [-0.2, -0.15) is 0 Å². The van der Waals surface area contributed by atoms with E-state index in [2.05, 4.69) is 0 Å². The summed E-state index contributed by atoms with van der Waals surface area (Å²) in [6.45, 7) is 2.33. The Morgan fingerprint density at radius 1 is 1.25 bits per heavy atom. The third kappa shape index (κ3) is 2.01. The lowest BCUT2D eigenvalue weighted by Crippen LogP contribution is -2.69. The van der Waals surface area contributed by atoms with Gasteiger partial charge in [-0.15, -0.1) is 0 Å². The predicted octanol–water partition coefficient (Wildman–Crippen LogP) is 0.620. The van der Waals surface area contributed by atoms with Crippen molar-refractivity contribution < 1.29 is 34.4 Å². The Bertz CT molecular complexity index is 807. The maximum absolute atomic E-state index is 16.8. The summed E-state index contributed by atoms with van der Waals surface area (Å²) in [6.07, 6.45) is 1.93. The van der Waals surface area contributed by atoms with Crippen LogP contribution < -0.4 is 0 Å². The SMILES string of the molecule is C[C@]12C=CC(=O)C=C1CC[C@H]1[C@@H]3C[C@H](O)[C@](O)(C(=O)CO)[C@@]3(C)C[C@@H](O)[C@@]12F. The minimum absolute atomic E-state index is 0.0135. The van der Waals surface area contributed by atoms with Crippen LogP contribution in [0, 0.1) is 22.7 Å². The first-order chi connectivity index (χ1) is 13.0. The number of allylic oxidation sites excluding steroid dienone is 4. The molecule has 0 aromatic rings. The van der Waals surface area contributed by atoms with Crippen molar-refractivity contribution in [3.8, 4) is 0 Å². The van der Waals surface area contributed by atoms with Gasteiger partial charge < -0.3 is 20.4 Å². The van der Waals surface area contributed by atoms with Crippen molar-refractivity contribution in [2.75, 3.05) is 6.61 Å². The van der Waals surface area contributed by atoms with Gasteiger partial charge in [-0.05, 0) is 50.7 Å². The first-order valence-corrected chi connectivity index (χ1v) is 9.82. The van der Waals surface area contributed by atoms with Crippen molar-refractivity contribution in [2.24, 2.45) is 22.7 Å². The zero-order chi connectivity index (χ0) is 20.7. The van der Waals surface area contributed by atoms with Crippen LogP contribution in [0.25, 0.3) is 0 Å². The molecule has 0 aliphatic heterocycles. The van der Waals surface area contributed by atoms with E-state index in [0.29, 0.717) is 18.4 Å². The zero-order valence-corrected chi connectivity index (χ0v) is 16.1. The third-order valence-electron chi connectivity index (χ3n) is 8.43. The van der Waals surface area contributed by atoms with Gasteiger partial charge in [-0.25, -0.2) is 4.39 Å². The molecule has 0 unspecified atom stereocenters. The molecular weight excluding hydrogens is 367 g/mol. The molecule has 28 heavy (non-hydrogen) atoms. The predicted molar refractivity (Wildman–Crippen MR) is 96.8 cm³/mol. The molecule has 4 rings (SSSR count). The van der Waals surface area contributed by atoms with Gasteiger partial charge in [-0.1, -0.05) is 18.6 Å². The Morgan fingerprint density at radius 2 is 1.93 bits per heavy atom. The van der Waals surface area contributed by atoms with E-state index in [4.69, 9.17) is 0 Å². The lowest BCUT2D eigenvalue weighted by molar-refractivity contribution is -0.222. The molecule has 7 heteroatoms. The van der Waals surface area contributed by atoms with Crippen molar-refractivity contribution in [3.63, 3.8) is 0 Å². The Morgan fingerprint density at radius 3 is 2.57 bits per heavy atom. The van der Waals surface area contributed by atoms with Crippen LogP contribution in [0.1, 0.15) is 39.5 Å². The molecule has 3 saturated carbocycles. The number of halogens is 1. The van der Waals surface area contributed by atoms with Crippen molar-refractivity contribution in [3.05, 3.63) is 23.8 Å². The highest BCUT2D eigenvalue weighted by atomic mass is 19.1. The van der Waals surface area contributed by atoms with E-state index >= 15 is 4.39 Å². The number of ketones is 2. The molecule has 154 valence electrons. The average molecular weight is 394 g/mol. The molecule has 0 heterocycles. The molecule has 3 fully saturated rings. The number of carbonyl (C=O) groups is 2. The summed E-state index contributed by atoms with van der Waals surface area (Å²) in [5.41, 5.74) is -6.12. The van der Waals surface area contributed by atoms with E-state index in [9.17, 15) is 30.0 Å². The Labute approximate surface area is 162 Å². The molecule has 4 aliphatic carbocycles. The van der Waals surface area contributed by atoms with E-state index < -0.39 is 58.5 Å². The summed E-state index contributed by atoms with van der Waals surface area (Å²) in [5.74, 6) is -2.38. The fraction of sp³-hybridized carbons (Fsp3) is 0.714. The van der Waals surface area contributed by atoms with Crippen LogP contribution in [0.5, 0.6) is 0 Å². The average Bonchev–Trinajstić information content (AvgIpc) is 2.84. The van der Waals surface area contributed by atoms with Crippen LogP contribution in [-0.4, -0.2) is 62.1 Å². The van der Waals surface area contributed by atoms with Crippen LogP contribution >= 0.6 is 0 Å². The number of aliphatic hydroxyl groups excluding tert-OH is 3. The van der Waals surface area contributed by atoms with Crippen LogP contribution in [-0.2, 0) is 9.59 Å². The van der Waals surface area contributed by atoms with Gasteiger partial charge in [0.05, 0.1) is 12.2 Å². The summed E-state index contributed by atoms with van der Waals surface area (Å²) < 4.78 is 16.8. The number of carbonyl (C=O) groups excluding carboxylic acids is 2. The van der Waals surface area contributed by atoms with Gasteiger partial charge in [0.2, 0.25) is 0 Å². The van der Waals surface area contributed by atoms with Crippen molar-refractivity contribution in [2.45, 2.75) is 63.0 Å². The standard InChI is InChI=1S/C21H27FO6/c1-18-6-5-12(24)7-11(18)3-4-13-14-8-15(25)21(28,17(27)10-23)19(14,2)9-16(26)20(13,18)22/h5-7,13-16,23,25-26,28H,3-4,8-10H2,1-2H3/t13-,14-,15-,16+,18-,19-,20-,21-/m0/s1. The Kier molecular flexibility index (Phi) is 4.13. The summed E-state index contributed by atoms with van der Waals surface area (Å²) in [6, 6.07) is 0. The summed E-state index contributed by atoms with van der Waals surface area (Å²) in [5, 5.41) is 42.1. The largest absolute Gasteiger partial charge is 0.390 e. The van der Waals surface area contributed by atoms with E-state index in [1.165, 1.54) is 18.2 Å². The number of Topliss-reactive ketones (excluding diaryl/α,β-unsaturated/α-hetero) is 1. The van der Waals surface area contributed by atoms with Crippen LogP contribution in [0.15, 0.2) is 23.8 Å². The number of rotatable bonds is 2. The second kappa shape index (κ2) is 5.81. The van der Waals surface area contributed by atoms with E-state index in [1.54, 1.807) is 13.8 Å². The van der Waals surface area contributed by atoms with Crippen molar-refractivity contribution >= 4 is 11.6 Å². The molecule has 0 aromatic heterocycles. The van der Waals surface area contributed by atoms with E-state index in [1.807, 2.05) is 0 Å². The summed E-state index contributed by atoms with van der Waals surface area (Å²) in [4.78, 5) is 24.2. The highest BCUT2D eigenvalue weighted by molar-refractivity contribution is 6.01. The molecule has 8 atom stereocenters. The Hall–Kier alpha value is -1.41. The lowest BCUT2D eigenvalue weighted by atomic mass is 9.44. The normalized spacial score (nSPS) is 52.5. The maximum atomic E-state index is 16.8. The molecule has 4 N–H and O–H groups in total. The minimum atomic E-state index is -2.23. The maximum Gasteiger partial charge on any atom is 0.192 e. The van der Waals surface area contributed by atoms with Crippen molar-refractivity contribution in [1.29, 1.82) is 0 Å². The van der Waals surface area contributed by atoms with Gasteiger partial charge >= 0.3 is 0 Å². The molecule has 0 radical (unpaired) electrons. The number of hydrogen-bond donors (Lipinski definition) is 4. The molecule has 4 aliphatic rings. The van der Waals surface area contributed by atoms with E-state index in [-0.39, 0.29) is 18.6 Å². The second-order valence-corrected chi connectivity index (χ2v) is 9.36. The molecule has 6 nitrogen and oxygen atoms in total. The number of hydrogen-bond acceptors (Lipinski definition) is 6.